The molecule has 2 aromatic heterocycles. The molecule has 2 rings (SSSR count). The van der Waals surface area contributed by atoms with Gasteiger partial charge in [-0.15, -0.1) is 0 Å². The Hall–Kier alpha value is -1.88. The van der Waals surface area contributed by atoms with Crippen LogP contribution in [0.1, 0.15) is 11.7 Å². The summed E-state index contributed by atoms with van der Waals surface area (Å²) < 4.78 is 6.35. The van der Waals surface area contributed by atoms with Crippen LogP contribution in [0.4, 0.5) is 0 Å². The summed E-state index contributed by atoms with van der Waals surface area (Å²) in [6.07, 6.45) is 3.39. The number of carbonyl (C=O) groups is 1. The molecule has 0 amide bonds. The van der Waals surface area contributed by atoms with Crippen LogP contribution in [-0.2, 0) is 9.53 Å². The molecule has 0 spiro atoms. The minimum atomic E-state index is -0.799. The van der Waals surface area contributed by atoms with E-state index in [4.69, 9.17) is 5.73 Å². The quantitative estimate of drug-likeness (QED) is 0.725. The summed E-state index contributed by atoms with van der Waals surface area (Å²) in [6, 6.07) is 4.76. The molecule has 0 aliphatic rings. The molecule has 5 heteroatoms. The van der Waals surface area contributed by atoms with Crippen LogP contribution in [0.3, 0.4) is 0 Å². The van der Waals surface area contributed by atoms with Crippen molar-refractivity contribution in [1.82, 2.24) is 9.38 Å². The predicted octanol–water partition coefficient (Wildman–Crippen LogP) is 0.507. The normalized spacial score (nSPS) is 12.7. The number of hydrogen-bond acceptors (Lipinski definition) is 4. The molecule has 78 valence electrons. The first-order valence-electron chi connectivity index (χ1n) is 4.49. The second kappa shape index (κ2) is 3.70. The number of aromatic nitrogens is 2. The molecule has 0 aliphatic carbocycles. The lowest BCUT2D eigenvalue weighted by Gasteiger charge is -2.08. The number of rotatable bonds is 2. The van der Waals surface area contributed by atoms with E-state index in [9.17, 15) is 4.79 Å². The molecule has 1 atom stereocenters. The SMILES string of the molecule is COC(=O)C(N)c1cnc2ccccn12. The van der Waals surface area contributed by atoms with E-state index in [-0.39, 0.29) is 0 Å². The molecule has 0 fully saturated rings. The van der Waals surface area contributed by atoms with Gasteiger partial charge in [0.1, 0.15) is 11.7 Å². The fourth-order valence-electron chi connectivity index (χ4n) is 1.43. The largest absolute Gasteiger partial charge is 0.468 e. The summed E-state index contributed by atoms with van der Waals surface area (Å²) in [6.45, 7) is 0. The minimum Gasteiger partial charge on any atom is -0.468 e. The Morgan fingerprint density at radius 2 is 2.40 bits per heavy atom. The third-order valence-corrected chi connectivity index (χ3v) is 2.22. The second-order valence-electron chi connectivity index (χ2n) is 3.11. The third kappa shape index (κ3) is 1.57. The van der Waals surface area contributed by atoms with Gasteiger partial charge in [0, 0.05) is 6.20 Å². The summed E-state index contributed by atoms with van der Waals surface area (Å²) >= 11 is 0. The number of hydrogen-bond donors (Lipinski definition) is 1. The number of methoxy groups -OCH3 is 1. The number of pyridine rings is 1. The highest BCUT2D eigenvalue weighted by atomic mass is 16.5. The van der Waals surface area contributed by atoms with Gasteiger partial charge in [-0.2, -0.15) is 0 Å². The molecule has 0 bridgehead atoms. The maximum Gasteiger partial charge on any atom is 0.328 e. The van der Waals surface area contributed by atoms with Gasteiger partial charge in [-0.25, -0.2) is 9.78 Å². The Balaban J connectivity index is 2.48. The first-order chi connectivity index (χ1) is 7.24. The molecule has 1 unspecified atom stereocenters. The highest BCUT2D eigenvalue weighted by Crippen LogP contribution is 2.13. The molecule has 0 radical (unpaired) electrons. The lowest BCUT2D eigenvalue weighted by Crippen LogP contribution is -2.23. The summed E-state index contributed by atoms with van der Waals surface area (Å²) in [5.74, 6) is -0.472. The summed E-state index contributed by atoms with van der Waals surface area (Å²) in [5.41, 5.74) is 7.10. The average Bonchev–Trinajstić information content (AvgIpc) is 2.70. The van der Waals surface area contributed by atoms with E-state index in [1.165, 1.54) is 7.11 Å². The Labute approximate surface area is 86.5 Å². The summed E-state index contributed by atoms with van der Waals surface area (Å²) in [7, 11) is 1.31. The molecule has 15 heavy (non-hydrogen) atoms. The lowest BCUT2D eigenvalue weighted by molar-refractivity contribution is -0.142. The van der Waals surface area contributed by atoms with E-state index in [0.717, 1.165) is 5.65 Å². The zero-order valence-corrected chi connectivity index (χ0v) is 8.25. The van der Waals surface area contributed by atoms with Crippen LogP contribution >= 0.6 is 0 Å². The van der Waals surface area contributed by atoms with E-state index >= 15 is 0 Å². The highest BCUT2D eigenvalue weighted by molar-refractivity contribution is 5.77. The van der Waals surface area contributed by atoms with Crippen molar-refractivity contribution < 1.29 is 9.53 Å². The maximum absolute atomic E-state index is 11.3. The number of ether oxygens (including phenoxy) is 1. The van der Waals surface area contributed by atoms with Gasteiger partial charge < -0.3 is 14.9 Å². The van der Waals surface area contributed by atoms with Crippen molar-refractivity contribution in [2.75, 3.05) is 7.11 Å². The third-order valence-electron chi connectivity index (χ3n) is 2.22. The maximum atomic E-state index is 11.3. The van der Waals surface area contributed by atoms with E-state index in [2.05, 4.69) is 9.72 Å². The van der Waals surface area contributed by atoms with Gasteiger partial charge in [-0.3, -0.25) is 0 Å². The van der Waals surface area contributed by atoms with E-state index in [1.54, 1.807) is 16.8 Å². The van der Waals surface area contributed by atoms with Crippen molar-refractivity contribution in [2.24, 2.45) is 5.73 Å². The zero-order chi connectivity index (χ0) is 10.8. The number of nitrogens with zero attached hydrogens (tertiary/aromatic N) is 2. The van der Waals surface area contributed by atoms with Gasteiger partial charge in [-0.05, 0) is 12.1 Å². The number of imidazole rings is 1. The molecule has 0 aromatic carbocycles. The summed E-state index contributed by atoms with van der Waals surface area (Å²) in [5, 5.41) is 0. The van der Waals surface area contributed by atoms with Crippen molar-refractivity contribution in [3.63, 3.8) is 0 Å². The monoisotopic (exact) mass is 205 g/mol. The fraction of sp³-hybridized carbons (Fsp3) is 0.200. The Morgan fingerprint density at radius 3 is 3.13 bits per heavy atom. The Kier molecular flexibility index (Phi) is 2.39. The van der Waals surface area contributed by atoms with Gasteiger partial charge in [0.25, 0.3) is 0 Å². The van der Waals surface area contributed by atoms with Gasteiger partial charge >= 0.3 is 5.97 Å². The predicted molar refractivity (Wildman–Crippen MR) is 54.1 cm³/mol. The van der Waals surface area contributed by atoms with Crippen LogP contribution in [0.5, 0.6) is 0 Å². The lowest BCUT2D eigenvalue weighted by atomic mass is 10.2. The van der Waals surface area contributed by atoms with Crippen LogP contribution in [0.25, 0.3) is 5.65 Å². The average molecular weight is 205 g/mol. The summed E-state index contributed by atoms with van der Waals surface area (Å²) in [4.78, 5) is 15.4. The number of carbonyl (C=O) groups excluding carboxylic acids is 1. The topological polar surface area (TPSA) is 69.6 Å². The smallest absolute Gasteiger partial charge is 0.328 e. The van der Waals surface area contributed by atoms with E-state index in [1.807, 2.05) is 18.2 Å². The van der Waals surface area contributed by atoms with Gasteiger partial charge in [-0.1, -0.05) is 6.07 Å². The molecular formula is C10H11N3O2. The second-order valence-corrected chi connectivity index (χ2v) is 3.11. The van der Waals surface area contributed by atoms with Crippen LogP contribution in [0.2, 0.25) is 0 Å². The first kappa shape index (κ1) is 9.67. The molecule has 2 heterocycles. The fourth-order valence-corrected chi connectivity index (χ4v) is 1.43. The van der Waals surface area contributed by atoms with Crippen molar-refractivity contribution >= 4 is 11.6 Å². The van der Waals surface area contributed by atoms with Crippen LogP contribution < -0.4 is 5.73 Å². The molecule has 0 saturated carbocycles. The molecule has 0 saturated heterocycles. The number of esters is 1. The van der Waals surface area contributed by atoms with Crippen LogP contribution in [-0.4, -0.2) is 22.5 Å². The van der Waals surface area contributed by atoms with Crippen molar-refractivity contribution in [3.8, 4) is 0 Å². The van der Waals surface area contributed by atoms with Gasteiger partial charge in [0.05, 0.1) is 19.0 Å². The molecule has 2 aromatic rings. The Morgan fingerprint density at radius 1 is 1.60 bits per heavy atom. The highest BCUT2D eigenvalue weighted by Gasteiger charge is 2.19. The zero-order valence-electron chi connectivity index (χ0n) is 8.25. The molecular weight excluding hydrogens is 194 g/mol. The van der Waals surface area contributed by atoms with Gasteiger partial charge in [0.2, 0.25) is 0 Å². The van der Waals surface area contributed by atoms with Crippen LogP contribution in [0.15, 0.2) is 30.6 Å². The van der Waals surface area contributed by atoms with Crippen molar-refractivity contribution in [1.29, 1.82) is 0 Å². The van der Waals surface area contributed by atoms with Gasteiger partial charge in [0.15, 0.2) is 0 Å². The van der Waals surface area contributed by atoms with Crippen molar-refractivity contribution in [3.05, 3.63) is 36.3 Å². The Bertz CT molecular complexity index is 492. The number of nitrogens with two attached hydrogens (primary N) is 1. The molecule has 5 nitrogen and oxygen atoms in total. The molecule has 0 aliphatic heterocycles. The minimum absolute atomic E-state index is 0.472. The van der Waals surface area contributed by atoms with E-state index in [0.29, 0.717) is 5.69 Å². The van der Waals surface area contributed by atoms with Crippen molar-refractivity contribution in [2.45, 2.75) is 6.04 Å². The number of fused-ring (bicyclic) bond motifs is 1. The van der Waals surface area contributed by atoms with Crippen LogP contribution in [0, 0.1) is 0 Å². The first-order valence-corrected chi connectivity index (χ1v) is 4.49. The van der Waals surface area contributed by atoms with E-state index < -0.39 is 12.0 Å². The molecule has 2 N–H and O–H groups in total. The standard InChI is InChI=1S/C10H11N3O2/c1-15-10(14)9(11)7-6-12-8-4-2-3-5-13(7)8/h2-6,9H,11H2,1H3.